The van der Waals surface area contributed by atoms with E-state index in [9.17, 15) is 23.7 Å². The second kappa shape index (κ2) is 5.91. The highest BCUT2D eigenvalue weighted by Crippen LogP contribution is 2.33. The van der Waals surface area contributed by atoms with Gasteiger partial charge in [-0.25, -0.2) is 4.79 Å². The van der Waals surface area contributed by atoms with E-state index in [0.29, 0.717) is 5.56 Å². The number of halogens is 2. The van der Waals surface area contributed by atoms with Gasteiger partial charge >= 0.3 is 11.9 Å². The second-order valence-corrected chi connectivity index (χ2v) is 4.12. The Morgan fingerprint density at radius 2 is 2.15 bits per heavy atom. The molecule has 0 saturated heterocycles. The first-order valence-electron chi connectivity index (χ1n) is 5.77. The Kier molecular flexibility index (Phi) is 4.72. The molecule has 1 atom stereocenters. The molecule has 0 saturated carbocycles. The Hall–Kier alpha value is -2.09. The zero-order chi connectivity index (χ0) is 15.5. The molecule has 2 N–H and O–H groups in total. The number of ether oxygens (including phenoxy) is 1. The smallest absolute Gasteiger partial charge is 0.379 e. The molecule has 1 aromatic rings. The van der Waals surface area contributed by atoms with Crippen molar-refractivity contribution in [2.45, 2.75) is 25.8 Å². The highest BCUT2D eigenvalue weighted by atomic mass is 19.3. The maximum Gasteiger partial charge on any atom is 0.379 e. The third-order valence-corrected chi connectivity index (χ3v) is 2.73. The molecule has 1 rings (SSSR count). The van der Waals surface area contributed by atoms with Gasteiger partial charge in [0.2, 0.25) is 0 Å². The SMILES string of the molecule is CCOC(=O)C(F)(F)[C@H](N)c1ccc(C)c([N+](=O)[O-])c1. The molecule has 8 heteroatoms. The summed E-state index contributed by atoms with van der Waals surface area (Å²) < 4.78 is 31.7. The molecule has 0 bridgehead atoms. The lowest BCUT2D eigenvalue weighted by atomic mass is 9.99. The number of benzene rings is 1. The number of carbonyl (C=O) groups excluding carboxylic acids is 1. The number of nitro benzene ring substituents is 1. The Morgan fingerprint density at radius 1 is 1.55 bits per heavy atom. The van der Waals surface area contributed by atoms with Crippen molar-refractivity contribution in [1.29, 1.82) is 0 Å². The van der Waals surface area contributed by atoms with E-state index in [1.54, 1.807) is 0 Å². The lowest BCUT2D eigenvalue weighted by molar-refractivity contribution is -0.385. The van der Waals surface area contributed by atoms with E-state index in [1.165, 1.54) is 26.0 Å². The number of rotatable bonds is 5. The van der Waals surface area contributed by atoms with Crippen LogP contribution in [0, 0.1) is 17.0 Å². The van der Waals surface area contributed by atoms with Gasteiger partial charge < -0.3 is 10.5 Å². The van der Waals surface area contributed by atoms with E-state index in [4.69, 9.17) is 5.73 Å². The van der Waals surface area contributed by atoms with Crippen molar-refractivity contribution < 1.29 is 23.2 Å². The normalized spacial score (nSPS) is 12.8. The largest absolute Gasteiger partial charge is 0.462 e. The molecule has 6 nitrogen and oxygen atoms in total. The average Bonchev–Trinajstić information content (AvgIpc) is 2.38. The van der Waals surface area contributed by atoms with Crippen molar-refractivity contribution in [3.8, 4) is 0 Å². The fourth-order valence-electron chi connectivity index (χ4n) is 1.58. The van der Waals surface area contributed by atoms with Crippen LogP contribution in [0.4, 0.5) is 14.5 Å². The summed E-state index contributed by atoms with van der Waals surface area (Å²) in [5, 5.41) is 10.8. The number of esters is 1. The zero-order valence-corrected chi connectivity index (χ0v) is 10.9. The van der Waals surface area contributed by atoms with Crippen LogP contribution >= 0.6 is 0 Å². The summed E-state index contributed by atoms with van der Waals surface area (Å²) in [5.41, 5.74) is 5.12. The van der Waals surface area contributed by atoms with Crippen molar-refractivity contribution in [3.05, 3.63) is 39.4 Å². The van der Waals surface area contributed by atoms with Gasteiger partial charge in [0.1, 0.15) is 6.04 Å². The third-order valence-electron chi connectivity index (χ3n) is 2.73. The predicted octanol–water partition coefficient (Wildman–Crippen LogP) is 2.10. The summed E-state index contributed by atoms with van der Waals surface area (Å²) in [5.74, 6) is -5.71. The van der Waals surface area contributed by atoms with Gasteiger partial charge in [-0.2, -0.15) is 8.78 Å². The topological polar surface area (TPSA) is 95.5 Å². The molecule has 0 aliphatic rings. The molecule has 0 aliphatic heterocycles. The van der Waals surface area contributed by atoms with Gasteiger partial charge in [-0.3, -0.25) is 10.1 Å². The maximum absolute atomic E-state index is 13.7. The van der Waals surface area contributed by atoms with Crippen molar-refractivity contribution in [2.24, 2.45) is 5.73 Å². The molecule has 20 heavy (non-hydrogen) atoms. The number of nitrogens with zero attached hydrogens (tertiary/aromatic N) is 1. The first-order valence-corrected chi connectivity index (χ1v) is 5.77. The van der Waals surface area contributed by atoms with Crippen LogP contribution in [0.3, 0.4) is 0 Å². The van der Waals surface area contributed by atoms with Crippen LogP contribution in [0.1, 0.15) is 24.1 Å². The summed E-state index contributed by atoms with van der Waals surface area (Å²) in [6.45, 7) is 2.64. The van der Waals surface area contributed by atoms with Crippen LogP contribution in [0.2, 0.25) is 0 Å². The molecule has 0 aliphatic carbocycles. The van der Waals surface area contributed by atoms with Gasteiger partial charge in [-0.15, -0.1) is 0 Å². The minimum absolute atomic E-state index is 0.208. The van der Waals surface area contributed by atoms with Gasteiger partial charge in [0.25, 0.3) is 5.69 Å². The van der Waals surface area contributed by atoms with E-state index in [2.05, 4.69) is 4.74 Å². The van der Waals surface area contributed by atoms with Gasteiger partial charge in [0, 0.05) is 11.6 Å². The number of carbonyl (C=O) groups is 1. The summed E-state index contributed by atoms with van der Waals surface area (Å²) in [4.78, 5) is 21.2. The molecular formula is C12H14F2N2O4. The number of hydrogen-bond donors (Lipinski definition) is 1. The van der Waals surface area contributed by atoms with Crippen LogP contribution in [0.15, 0.2) is 18.2 Å². The summed E-state index contributed by atoms with van der Waals surface area (Å²) in [6, 6.07) is 1.45. The maximum atomic E-state index is 13.7. The number of nitro groups is 1. The Balaban J connectivity index is 3.14. The first kappa shape index (κ1) is 16.0. The zero-order valence-electron chi connectivity index (χ0n) is 10.9. The number of alkyl halides is 2. The van der Waals surface area contributed by atoms with Crippen molar-refractivity contribution >= 4 is 11.7 Å². The molecule has 110 valence electrons. The first-order chi connectivity index (χ1) is 9.21. The molecule has 0 aromatic heterocycles. The molecule has 0 amide bonds. The average molecular weight is 288 g/mol. The van der Waals surface area contributed by atoms with Crippen LogP contribution < -0.4 is 5.73 Å². The fraction of sp³-hybridized carbons (Fsp3) is 0.417. The van der Waals surface area contributed by atoms with Crippen LogP contribution in [0.5, 0.6) is 0 Å². The molecule has 0 heterocycles. The van der Waals surface area contributed by atoms with Gasteiger partial charge in [0.15, 0.2) is 0 Å². The molecule has 0 radical (unpaired) electrons. The lowest BCUT2D eigenvalue weighted by Gasteiger charge is -2.21. The lowest BCUT2D eigenvalue weighted by Crippen LogP contribution is -2.41. The monoisotopic (exact) mass is 288 g/mol. The molecule has 1 aromatic carbocycles. The summed E-state index contributed by atoms with van der Waals surface area (Å²) in [7, 11) is 0. The Morgan fingerprint density at radius 3 is 2.65 bits per heavy atom. The number of hydrogen-bond acceptors (Lipinski definition) is 5. The van der Waals surface area contributed by atoms with E-state index >= 15 is 0 Å². The highest BCUT2D eigenvalue weighted by Gasteiger charge is 2.48. The van der Waals surface area contributed by atoms with Crippen molar-refractivity contribution in [1.82, 2.24) is 0 Å². The van der Waals surface area contributed by atoms with Gasteiger partial charge in [-0.05, 0) is 19.4 Å². The van der Waals surface area contributed by atoms with Gasteiger partial charge in [-0.1, -0.05) is 12.1 Å². The minimum atomic E-state index is -3.96. The van der Waals surface area contributed by atoms with Crippen LogP contribution in [-0.4, -0.2) is 23.4 Å². The second-order valence-electron chi connectivity index (χ2n) is 4.12. The molecule has 0 spiro atoms. The van der Waals surface area contributed by atoms with E-state index < -0.39 is 22.9 Å². The van der Waals surface area contributed by atoms with Gasteiger partial charge in [0.05, 0.1) is 11.5 Å². The van der Waals surface area contributed by atoms with Crippen molar-refractivity contribution in [2.75, 3.05) is 6.61 Å². The summed E-state index contributed by atoms with van der Waals surface area (Å²) in [6.07, 6.45) is 0. The molecule has 0 fully saturated rings. The van der Waals surface area contributed by atoms with Crippen LogP contribution in [-0.2, 0) is 9.53 Å². The van der Waals surface area contributed by atoms with E-state index in [0.717, 1.165) is 6.07 Å². The van der Waals surface area contributed by atoms with Crippen molar-refractivity contribution in [3.63, 3.8) is 0 Å². The van der Waals surface area contributed by atoms with Crippen LogP contribution in [0.25, 0.3) is 0 Å². The summed E-state index contributed by atoms with van der Waals surface area (Å²) >= 11 is 0. The number of aryl methyl sites for hydroxylation is 1. The Labute approximate surface area is 113 Å². The number of nitrogens with two attached hydrogens (primary N) is 1. The Bertz CT molecular complexity index is 534. The minimum Gasteiger partial charge on any atom is -0.462 e. The third kappa shape index (κ3) is 3.08. The fourth-order valence-corrected chi connectivity index (χ4v) is 1.58. The highest BCUT2D eigenvalue weighted by molar-refractivity contribution is 5.79. The molecular weight excluding hydrogens is 274 g/mol. The van der Waals surface area contributed by atoms with E-state index in [-0.39, 0.29) is 17.9 Å². The molecule has 0 unspecified atom stereocenters. The predicted molar refractivity (Wildman–Crippen MR) is 66.3 cm³/mol. The van der Waals surface area contributed by atoms with E-state index in [1.807, 2.05) is 0 Å². The standard InChI is InChI=1S/C12H14F2N2O4/c1-3-20-11(17)12(13,14)10(15)8-5-4-7(2)9(6-8)16(18)19/h4-6,10H,3,15H2,1-2H3/t10-/m1/s1. The quantitative estimate of drug-likeness (QED) is 0.508.